The largest absolute Gasteiger partial charge is 0.490 e. The molecule has 0 aliphatic heterocycles. The van der Waals surface area contributed by atoms with Crippen molar-refractivity contribution < 1.29 is 28.5 Å². The minimum absolute atomic E-state index is 0.0647. The average molecular weight is 300 g/mol. The molecule has 0 saturated heterocycles. The van der Waals surface area contributed by atoms with Crippen LogP contribution in [0.1, 0.15) is 24.2 Å². The molecule has 2 atom stereocenters. The van der Waals surface area contributed by atoms with E-state index in [1.54, 1.807) is 7.11 Å². The number of ether oxygens (including phenoxy) is 3. The van der Waals surface area contributed by atoms with Crippen LogP contribution in [0.15, 0.2) is 18.2 Å². The number of aliphatic hydroxyl groups is 1. The molecule has 6 heteroatoms. The van der Waals surface area contributed by atoms with Crippen LogP contribution in [0.4, 0.5) is 4.39 Å². The van der Waals surface area contributed by atoms with E-state index >= 15 is 0 Å². The Bertz CT molecular complexity index is 463. The molecule has 0 aliphatic carbocycles. The highest BCUT2D eigenvalue weighted by atomic mass is 19.1. The normalized spacial score (nSPS) is 13.8. The van der Waals surface area contributed by atoms with Crippen molar-refractivity contribution in [3.05, 3.63) is 29.6 Å². The van der Waals surface area contributed by atoms with Crippen molar-refractivity contribution in [2.75, 3.05) is 26.9 Å². The highest BCUT2D eigenvalue weighted by Crippen LogP contribution is 2.20. The van der Waals surface area contributed by atoms with Crippen molar-refractivity contribution in [2.24, 2.45) is 0 Å². The Morgan fingerprint density at radius 1 is 1.33 bits per heavy atom. The van der Waals surface area contributed by atoms with Gasteiger partial charge in [-0.3, -0.25) is 4.79 Å². The molecule has 0 spiro atoms. The number of Topliss-reactive ketones (excluding diaryl/α,β-unsaturated/α-hetero) is 1. The van der Waals surface area contributed by atoms with Gasteiger partial charge in [-0.2, -0.15) is 0 Å². The lowest BCUT2D eigenvalue weighted by Gasteiger charge is -2.17. The Hall–Kier alpha value is -1.50. The molecule has 0 aliphatic rings. The van der Waals surface area contributed by atoms with Gasteiger partial charge in [-0.1, -0.05) is 0 Å². The maximum Gasteiger partial charge on any atom is 0.163 e. The number of ketones is 1. The Morgan fingerprint density at radius 2 is 2.05 bits per heavy atom. The number of hydrogen-bond donors (Lipinski definition) is 1. The molecule has 1 rings (SSSR count). The van der Waals surface area contributed by atoms with Crippen LogP contribution >= 0.6 is 0 Å². The van der Waals surface area contributed by atoms with Gasteiger partial charge in [0.1, 0.15) is 24.3 Å². The first kappa shape index (κ1) is 17.6. The van der Waals surface area contributed by atoms with Crippen LogP contribution in [0.5, 0.6) is 5.75 Å². The van der Waals surface area contributed by atoms with E-state index in [9.17, 15) is 14.3 Å². The summed E-state index contributed by atoms with van der Waals surface area (Å²) in [7, 11) is 1.56. The van der Waals surface area contributed by atoms with Crippen molar-refractivity contribution in [2.45, 2.75) is 26.1 Å². The number of rotatable bonds is 9. The summed E-state index contributed by atoms with van der Waals surface area (Å²) in [5.74, 6) is -0.620. The standard InChI is InChI=1S/C15H21FO5/c1-10(7-19-3)20-8-13(18)9-21-15-6-12(16)4-5-14(15)11(2)17/h4-6,10,13,18H,7-9H2,1-3H3. The van der Waals surface area contributed by atoms with E-state index in [2.05, 4.69) is 0 Å². The summed E-state index contributed by atoms with van der Waals surface area (Å²) in [4.78, 5) is 11.4. The van der Waals surface area contributed by atoms with Gasteiger partial charge in [0, 0.05) is 13.2 Å². The second-order valence-electron chi connectivity index (χ2n) is 4.76. The molecule has 2 unspecified atom stereocenters. The molecular formula is C15H21FO5. The average Bonchev–Trinajstić information content (AvgIpc) is 2.43. The maximum atomic E-state index is 13.2. The van der Waals surface area contributed by atoms with Gasteiger partial charge in [0.25, 0.3) is 0 Å². The van der Waals surface area contributed by atoms with E-state index in [1.807, 2.05) is 6.92 Å². The summed E-state index contributed by atoms with van der Waals surface area (Å²) in [6.45, 7) is 3.58. The monoisotopic (exact) mass is 300 g/mol. The molecule has 0 heterocycles. The van der Waals surface area contributed by atoms with E-state index in [1.165, 1.54) is 19.1 Å². The van der Waals surface area contributed by atoms with Crippen LogP contribution < -0.4 is 4.74 Å². The van der Waals surface area contributed by atoms with Gasteiger partial charge >= 0.3 is 0 Å². The zero-order chi connectivity index (χ0) is 15.8. The summed E-state index contributed by atoms with van der Waals surface area (Å²) in [6.07, 6.45) is -1.03. The van der Waals surface area contributed by atoms with Crippen molar-refractivity contribution in [3.63, 3.8) is 0 Å². The first-order valence-corrected chi connectivity index (χ1v) is 6.66. The molecule has 0 aromatic heterocycles. The minimum Gasteiger partial charge on any atom is -0.490 e. The topological polar surface area (TPSA) is 65.0 Å². The number of aliphatic hydroxyl groups excluding tert-OH is 1. The Labute approximate surface area is 123 Å². The second-order valence-corrected chi connectivity index (χ2v) is 4.76. The van der Waals surface area contributed by atoms with Crippen LogP contribution in [0, 0.1) is 5.82 Å². The van der Waals surface area contributed by atoms with Crippen LogP contribution in [-0.4, -0.2) is 50.0 Å². The fraction of sp³-hybridized carbons (Fsp3) is 0.533. The predicted octanol–water partition coefficient (Wildman–Crippen LogP) is 1.82. The fourth-order valence-electron chi connectivity index (χ4n) is 1.70. The summed E-state index contributed by atoms with van der Waals surface area (Å²) < 4.78 is 28.7. The van der Waals surface area contributed by atoms with E-state index in [0.717, 1.165) is 6.07 Å². The molecular weight excluding hydrogens is 279 g/mol. The first-order chi connectivity index (χ1) is 9.93. The number of methoxy groups -OCH3 is 1. The first-order valence-electron chi connectivity index (χ1n) is 6.66. The predicted molar refractivity (Wildman–Crippen MR) is 75.2 cm³/mol. The van der Waals surface area contributed by atoms with Crippen LogP contribution in [0.2, 0.25) is 0 Å². The minimum atomic E-state index is -0.882. The molecule has 1 aromatic rings. The molecule has 21 heavy (non-hydrogen) atoms. The van der Waals surface area contributed by atoms with Gasteiger partial charge in [0.15, 0.2) is 5.78 Å². The third kappa shape index (κ3) is 6.20. The van der Waals surface area contributed by atoms with Crippen LogP contribution in [0.25, 0.3) is 0 Å². The van der Waals surface area contributed by atoms with Gasteiger partial charge in [-0.25, -0.2) is 4.39 Å². The molecule has 0 amide bonds. The highest BCUT2D eigenvalue weighted by molar-refractivity contribution is 5.96. The Kier molecular flexibility index (Phi) is 7.28. The lowest BCUT2D eigenvalue weighted by Crippen LogP contribution is -2.27. The summed E-state index contributed by atoms with van der Waals surface area (Å²) in [6, 6.07) is 3.67. The third-order valence-electron chi connectivity index (χ3n) is 2.73. The molecule has 118 valence electrons. The van der Waals surface area contributed by atoms with E-state index in [-0.39, 0.29) is 36.4 Å². The lowest BCUT2D eigenvalue weighted by atomic mass is 10.1. The Morgan fingerprint density at radius 3 is 2.67 bits per heavy atom. The van der Waals surface area contributed by atoms with Gasteiger partial charge in [0.05, 0.1) is 24.9 Å². The molecule has 0 radical (unpaired) electrons. The van der Waals surface area contributed by atoms with Crippen molar-refractivity contribution in [1.82, 2.24) is 0 Å². The number of halogens is 1. The van der Waals surface area contributed by atoms with E-state index < -0.39 is 11.9 Å². The zero-order valence-corrected chi connectivity index (χ0v) is 12.5. The third-order valence-corrected chi connectivity index (χ3v) is 2.73. The van der Waals surface area contributed by atoms with E-state index in [4.69, 9.17) is 14.2 Å². The summed E-state index contributed by atoms with van der Waals surface area (Å²) in [5, 5.41) is 9.76. The summed E-state index contributed by atoms with van der Waals surface area (Å²) >= 11 is 0. The van der Waals surface area contributed by atoms with Gasteiger partial charge in [0.2, 0.25) is 0 Å². The number of carbonyl (C=O) groups excluding carboxylic acids is 1. The smallest absolute Gasteiger partial charge is 0.163 e. The van der Waals surface area contributed by atoms with E-state index in [0.29, 0.717) is 6.61 Å². The zero-order valence-electron chi connectivity index (χ0n) is 12.5. The number of hydrogen-bond acceptors (Lipinski definition) is 5. The van der Waals surface area contributed by atoms with Crippen molar-refractivity contribution in [1.29, 1.82) is 0 Å². The number of benzene rings is 1. The number of carbonyl (C=O) groups is 1. The molecule has 1 N–H and O–H groups in total. The maximum absolute atomic E-state index is 13.2. The van der Waals surface area contributed by atoms with Gasteiger partial charge in [-0.05, 0) is 26.0 Å². The molecule has 0 bridgehead atoms. The lowest BCUT2D eigenvalue weighted by molar-refractivity contribution is -0.0423. The van der Waals surface area contributed by atoms with Crippen molar-refractivity contribution in [3.8, 4) is 5.75 Å². The molecule has 0 saturated carbocycles. The quantitative estimate of drug-likeness (QED) is 0.705. The van der Waals surface area contributed by atoms with Crippen molar-refractivity contribution >= 4 is 5.78 Å². The van der Waals surface area contributed by atoms with Gasteiger partial charge in [-0.15, -0.1) is 0 Å². The Balaban J connectivity index is 2.51. The molecule has 1 aromatic carbocycles. The second kappa shape index (κ2) is 8.71. The van der Waals surface area contributed by atoms with Gasteiger partial charge < -0.3 is 19.3 Å². The van der Waals surface area contributed by atoms with Crippen LogP contribution in [-0.2, 0) is 9.47 Å². The van der Waals surface area contributed by atoms with Crippen LogP contribution in [0.3, 0.4) is 0 Å². The molecule has 0 fully saturated rings. The SMILES string of the molecule is COCC(C)OCC(O)COc1cc(F)ccc1C(C)=O. The molecule has 5 nitrogen and oxygen atoms in total. The highest BCUT2D eigenvalue weighted by Gasteiger charge is 2.13. The summed E-state index contributed by atoms with van der Waals surface area (Å²) in [5.41, 5.74) is 0.275. The fourth-order valence-corrected chi connectivity index (χ4v) is 1.70.